The van der Waals surface area contributed by atoms with E-state index in [1.165, 1.54) is 36.4 Å². The van der Waals surface area contributed by atoms with Gasteiger partial charge in [-0.05, 0) is 103 Å². The van der Waals surface area contributed by atoms with Gasteiger partial charge >= 0.3 is 5.97 Å². The molecule has 1 heterocycles. The number of carbonyl (C=O) groups is 4. The highest BCUT2D eigenvalue weighted by atomic mass is 79.9. The van der Waals surface area contributed by atoms with Crippen LogP contribution >= 0.6 is 43.6 Å². The number of carboxylic acids is 1. The lowest BCUT2D eigenvalue weighted by Gasteiger charge is -2.13. The second-order valence-corrected chi connectivity index (χ2v) is 10.6. The van der Waals surface area contributed by atoms with E-state index in [1.807, 2.05) is 0 Å². The number of halogens is 3. The van der Waals surface area contributed by atoms with E-state index >= 15 is 0 Å². The van der Waals surface area contributed by atoms with Crippen molar-refractivity contribution in [3.05, 3.63) is 97.0 Å². The van der Waals surface area contributed by atoms with Crippen molar-refractivity contribution >= 4 is 78.4 Å². The maximum atomic E-state index is 13.3. The highest BCUT2D eigenvalue weighted by Crippen LogP contribution is 2.38. The van der Waals surface area contributed by atoms with Crippen LogP contribution in [0.25, 0.3) is 6.08 Å². The lowest BCUT2D eigenvalue weighted by molar-refractivity contribution is -0.127. The number of nitrogens with one attached hydrogen (secondary N) is 1. The summed E-state index contributed by atoms with van der Waals surface area (Å²) in [6.45, 7) is -0.320. The van der Waals surface area contributed by atoms with Gasteiger partial charge < -0.3 is 15.2 Å². The van der Waals surface area contributed by atoms with E-state index in [0.29, 0.717) is 32.0 Å². The predicted octanol–water partition coefficient (Wildman–Crippen LogP) is 6.30. The Bertz CT molecular complexity index is 1460. The number of benzene rings is 3. The van der Waals surface area contributed by atoms with Crippen LogP contribution in [0.1, 0.15) is 21.5 Å². The molecule has 4 rings (SSSR count). The average Bonchev–Trinajstić information content (AvgIpc) is 3.11. The first kappa shape index (κ1) is 27.6. The Morgan fingerprint density at radius 3 is 2.37 bits per heavy atom. The molecule has 12 heteroatoms. The number of amides is 3. The number of hydrogen-bond acceptors (Lipinski definition) is 6. The van der Waals surface area contributed by atoms with Crippen LogP contribution < -0.4 is 10.1 Å². The van der Waals surface area contributed by atoms with Crippen LogP contribution in [0.4, 0.5) is 14.9 Å². The van der Waals surface area contributed by atoms with Crippen LogP contribution in [0.5, 0.6) is 5.75 Å². The molecule has 2 N–H and O–H groups in total. The molecule has 0 unspecified atom stereocenters. The van der Waals surface area contributed by atoms with E-state index in [1.54, 1.807) is 24.3 Å². The van der Waals surface area contributed by atoms with Gasteiger partial charge in [-0.1, -0.05) is 18.2 Å². The summed E-state index contributed by atoms with van der Waals surface area (Å²) in [6, 6.07) is 15.0. The summed E-state index contributed by atoms with van der Waals surface area (Å²) in [5.41, 5.74) is 1.76. The topological polar surface area (TPSA) is 113 Å². The lowest BCUT2D eigenvalue weighted by atomic mass is 10.1. The number of rotatable bonds is 8. The molecule has 0 aliphatic carbocycles. The molecule has 8 nitrogen and oxygen atoms in total. The first-order chi connectivity index (χ1) is 18.1. The summed E-state index contributed by atoms with van der Waals surface area (Å²) in [5.74, 6) is -2.30. The van der Waals surface area contributed by atoms with Crippen LogP contribution in [0.2, 0.25) is 0 Å². The maximum absolute atomic E-state index is 13.3. The van der Waals surface area contributed by atoms with Gasteiger partial charge in [-0.3, -0.25) is 19.3 Å². The number of carbonyl (C=O) groups excluding carboxylic acids is 3. The molecule has 0 atom stereocenters. The van der Waals surface area contributed by atoms with Gasteiger partial charge in [-0.15, -0.1) is 0 Å². The van der Waals surface area contributed by atoms with Gasteiger partial charge in [-0.2, -0.15) is 0 Å². The Morgan fingerprint density at radius 1 is 1.05 bits per heavy atom. The number of nitrogens with zero attached hydrogens (tertiary/aromatic N) is 1. The van der Waals surface area contributed by atoms with Gasteiger partial charge in [0.1, 0.15) is 24.7 Å². The van der Waals surface area contributed by atoms with Crippen molar-refractivity contribution in [2.75, 3.05) is 11.9 Å². The van der Waals surface area contributed by atoms with Crippen molar-refractivity contribution in [3.63, 3.8) is 0 Å². The maximum Gasteiger partial charge on any atom is 0.335 e. The molecule has 1 saturated heterocycles. The summed E-state index contributed by atoms with van der Waals surface area (Å²) in [6.07, 6.45) is 1.53. The number of carboxylic acid groups (broad SMARTS) is 1. The quantitative estimate of drug-likeness (QED) is 0.272. The highest BCUT2D eigenvalue weighted by molar-refractivity contribution is 9.11. The summed E-state index contributed by atoms with van der Waals surface area (Å²) in [7, 11) is 0. The second-order valence-electron chi connectivity index (χ2n) is 7.93. The molecule has 0 bridgehead atoms. The van der Waals surface area contributed by atoms with Gasteiger partial charge in [0.25, 0.3) is 11.1 Å². The minimum atomic E-state index is -1.01. The molecule has 0 radical (unpaired) electrons. The Balaban J connectivity index is 1.42. The van der Waals surface area contributed by atoms with Crippen molar-refractivity contribution in [2.24, 2.45) is 0 Å². The Morgan fingerprint density at radius 2 is 1.74 bits per heavy atom. The standard InChI is InChI=1S/C26H17Br2FN2O6S/c27-19-8-15(9-20(28)23(19)37-13-14-4-6-16(7-5-14)25(34)35)10-21-24(33)31(26(36)38-21)12-22(32)30-18-3-1-2-17(29)11-18/h1-11H,12-13H2,(H,30,32)(H,34,35)/b21-10+. The van der Waals surface area contributed by atoms with Gasteiger partial charge in [0, 0.05) is 5.69 Å². The Labute approximate surface area is 237 Å². The van der Waals surface area contributed by atoms with Gasteiger partial charge in [0.2, 0.25) is 5.91 Å². The zero-order valence-electron chi connectivity index (χ0n) is 19.2. The smallest absolute Gasteiger partial charge is 0.335 e. The molecule has 38 heavy (non-hydrogen) atoms. The first-order valence-electron chi connectivity index (χ1n) is 10.9. The Kier molecular flexibility index (Phi) is 8.65. The number of aromatic carboxylic acids is 1. The predicted molar refractivity (Wildman–Crippen MR) is 147 cm³/mol. The van der Waals surface area contributed by atoms with Crippen LogP contribution in [0.15, 0.2) is 74.5 Å². The molecule has 3 aromatic rings. The molecule has 194 valence electrons. The highest BCUT2D eigenvalue weighted by Gasteiger charge is 2.36. The molecule has 0 saturated carbocycles. The van der Waals surface area contributed by atoms with Crippen molar-refractivity contribution in [1.82, 2.24) is 4.90 Å². The molecule has 0 aromatic heterocycles. The van der Waals surface area contributed by atoms with E-state index < -0.39 is 35.4 Å². The largest absolute Gasteiger partial charge is 0.487 e. The fourth-order valence-electron chi connectivity index (χ4n) is 3.40. The number of hydrogen-bond donors (Lipinski definition) is 2. The van der Waals surface area contributed by atoms with Crippen LogP contribution in [-0.2, 0) is 16.2 Å². The number of ether oxygens (including phenoxy) is 1. The van der Waals surface area contributed by atoms with Crippen LogP contribution in [0, 0.1) is 5.82 Å². The van der Waals surface area contributed by atoms with Crippen molar-refractivity contribution in [1.29, 1.82) is 0 Å². The van der Waals surface area contributed by atoms with Crippen LogP contribution in [-0.4, -0.2) is 39.6 Å². The summed E-state index contributed by atoms with van der Waals surface area (Å²) < 4.78 is 20.4. The van der Waals surface area contributed by atoms with Crippen molar-refractivity contribution < 1.29 is 33.4 Å². The summed E-state index contributed by atoms with van der Waals surface area (Å²) in [5, 5.41) is 10.9. The monoisotopic (exact) mass is 662 g/mol. The van der Waals surface area contributed by atoms with Crippen molar-refractivity contribution in [3.8, 4) is 5.75 Å². The van der Waals surface area contributed by atoms with Crippen molar-refractivity contribution in [2.45, 2.75) is 6.61 Å². The van der Waals surface area contributed by atoms with E-state index in [0.717, 1.165) is 16.5 Å². The molecular weight excluding hydrogens is 647 g/mol. The second kappa shape index (κ2) is 11.9. The fourth-order valence-corrected chi connectivity index (χ4v) is 5.69. The minimum absolute atomic E-state index is 0.138. The molecule has 3 aromatic carbocycles. The Hall–Kier alpha value is -3.48. The number of thioether (sulfide) groups is 1. The first-order valence-corrected chi connectivity index (χ1v) is 13.3. The molecular formula is C26H17Br2FN2O6S. The molecule has 1 aliphatic rings. The lowest BCUT2D eigenvalue weighted by Crippen LogP contribution is -2.36. The normalized spacial score (nSPS) is 14.2. The van der Waals surface area contributed by atoms with E-state index in [2.05, 4.69) is 37.2 Å². The van der Waals surface area contributed by atoms with Gasteiger partial charge in [0.15, 0.2) is 0 Å². The number of imide groups is 1. The van der Waals surface area contributed by atoms with Gasteiger partial charge in [0.05, 0.1) is 19.4 Å². The molecule has 0 spiro atoms. The third-order valence-electron chi connectivity index (χ3n) is 5.19. The summed E-state index contributed by atoms with van der Waals surface area (Å²) >= 11 is 7.61. The molecule has 3 amide bonds. The van der Waals surface area contributed by atoms with E-state index in [9.17, 15) is 23.6 Å². The average molecular weight is 664 g/mol. The van der Waals surface area contributed by atoms with E-state index in [-0.39, 0.29) is 22.8 Å². The third kappa shape index (κ3) is 6.69. The number of anilines is 1. The molecule has 1 aliphatic heterocycles. The zero-order chi connectivity index (χ0) is 27.4. The fraction of sp³-hybridized carbons (Fsp3) is 0.0769. The summed E-state index contributed by atoms with van der Waals surface area (Å²) in [4.78, 5) is 49.5. The minimum Gasteiger partial charge on any atom is -0.487 e. The zero-order valence-corrected chi connectivity index (χ0v) is 23.2. The third-order valence-corrected chi connectivity index (χ3v) is 7.27. The van der Waals surface area contributed by atoms with E-state index in [4.69, 9.17) is 9.84 Å². The van der Waals surface area contributed by atoms with Crippen LogP contribution in [0.3, 0.4) is 0 Å². The van der Waals surface area contributed by atoms with Gasteiger partial charge in [-0.25, -0.2) is 9.18 Å². The molecule has 1 fully saturated rings. The SMILES string of the molecule is O=C(CN1C(=O)S/C(=C/c2cc(Br)c(OCc3ccc(C(=O)O)cc3)c(Br)c2)C1=O)Nc1cccc(F)c1.